The molecule has 18 heavy (non-hydrogen) atoms. The first kappa shape index (κ1) is 13.0. The molecule has 5 nitrogen and oxygen atoms in total. The predicted molar refractivity (Wildman–Crippen MR) is 73.1 cm³/mol. The quantitative estimate of drug-likeness (QED) is 0.674. The van der Waals surface area contributed by atoms with Gasteiger partial charge in [0.25, 0.3) is 0 Å². The molecule has 96 valence electrons. The van der Waals surface area contributed by atoms with Gasteiger partial charge in [0, 0.05) is 17.8 Å². The van der Waals surface area contributed by atoms with Crippen LogP contribution in [0.1, 0.15) is 0 Å². The molecule has 0 radical (unpaired) electrons. The monoisotopic (exact) mass is 284 g/mol. The topological polar surface area (TPSA) is 66.0 Å². The first-order valence-corrected chi connectivity index (χ1v) is 6.69. The Kier molecular flexibility index (Phi) is 4.33. The molecule has 2 N–H and O–H groups in total. The van der Waals surface area contributed by atoms with Gasteiger partial charge in [-0.3, -0.25) is 4.57 Å². The van der Waals surface area contributed by atoms with Crippen LogP contribution in [0.3, 0.4) is 0 Å². The molecule has 0 aliphatic heterocycles. The van der Waals surface area contributed by atoms with Crippen molar-refractivity contribution in [2.24, 2.45) is 7.05 Å². The van der Waals surface area contributed by atoms with Crippen molar-refractivity contribution in [2.75, 3.05) is 18.1 Å². The average molecular weight is 285 g/mol. The summed E-state index contributed by atoms with van der Waals surface area (Å²) >= 11 is 7.33. The molecular weight excluding hydrogens is 272 g/mol. The molecule has 1 aromatic heterocycles. The van der Waals surface area contributed by atoms with Crippen LogP contribution in [0.5, 0.6) is 5.75 Å². The van der Waals surface area contributed by atoms with E-state index in [0.717, 1.165) is 16.7 Å². The minimum Gasteiger partial charge on any atom is -0.493 e. The van der Waals surface area contributed by atoms with Gasteiger partial charge >= 0.3 is 0 Å². The Labute approximate surface area is 114 Å². The van der Waals surface area contributed by atoms with Crippen molar-refractivity contribution in [3.05, 3.63) is 29.3 Å². The van der Waals surface area contributed by atoms with E-state index in [0.29, 0.717) is 17.6 Å². The van der Waals surface area contributed by atoms with Crippen molar-refractivity contribution in [1.29, 1.82) is 0 Å². The van der Waals surface area contributed by atoms with Gasteiger partial charge in [-0.25, -0.2) is 0 Å². The summed E-state index contributed by atoms with van der Waals surface area (Å²) in [6.07, 6.45) is 0. The lowest BCUT2D eigenvalue weighted by atomic mass is 10.3. The Morgan fingerprint density at radius 2 is 2.06 bits per heavy atom. The molecule has 0 saturated heterocycles. The molecule has 0 amide bonds. The Balaban J connectivity index is 1.76. The van der Waals surface area contributed by atoms with E-state index in [1.165, 1.54) is 0 Å². The number of thioether (sulfide) groups is 1. The minimum absolute atomic E-state index is 0.413. The molecule has 0 saturated carbocycles. The third kappa shape index (κ3) is 3.30. The van der Waals surface area contributed by atoms with Crippen LogP contribution < -0.4 is 10.5 Å². The maximum atomic E-state index is 5.78. The molecule has 7 heteroatoms. The SMILES string of the molecule is Cn1c(N)nnc1SCCOc1ccc(Cl)cc1. The van der Waals surface area contributed by atoms with E-state index in [1.54, 1.807) is 28.5 Å². The zero-order valence-electron chi connectivity index (χ0n) is 9.84. The van der Waals surface area contributed by atoms with Gasteiger partial charge in [-0.1, -0.05) is 23.4 Å². The Morgan fingerprint density at radius 1 is 1.33 bits per heavy atom. The highest BCUT2D eigenvalue weighted by Gasteiger charge is 2.05. The molecule has 0 fully saturated rings. The number of nitrogens with two attached hydrogens (primary N) is 1. The van der Waals surface area contributed by atoms with E-state index in [2.05, 4.69) is 10.2 Å². The van der Waals surface area contributed by atoms with E-state index in [1.807, 2.05) is 19.2 Å². The first-order chi connectivity index (χ1) is 8.66. The highest BCUT2D eigenvalue weighted by molar-refractivity contribution is 7.99. The number of hydrogen-bond acceptors (Lipinski definition) is 5. The number of nitrogen functional groups attached to an aromatic ring is 1. The summed E-state index contributed by atoms with van der Waals surface area (Å²) in [5.74, 6) is 1.99. The lowest BCUT2D eigenvalue weighted by molar-refractivity contribution is 0.344. The second-order valence-corrected chi connectivity index (χ2v) is 5.05. The molecule has 0 aliphatic rings. The fourth-order valence-electron chi connectivity index (χ4n) is 1.28. The molecule has 1 heterocycles. The summed E-state index contributed by atoms with van der Waals surface area (Å²) in [6.45, 7) is 0.582. The smallest absolute Gasteiger partial charge is 0.222 e. The van der Waals surface area contributed by atoms with Crippen molar-refractivity contribution in [3.8, 4) is 5.75 Å². The summed E-state index contributed by atoms with van der Waals surface area (Å²) < 4.78 is 7.30. The van der Waals surface area contributed by atoms with Crippen LogP contribution in [0.25, 0.3) is 0 Å². The van der Waals surface area contributed by atoms with Crippen LogP contribution in [-0.2, 0) is 7.05 Å². The predicted octanol–water partition coefficient (Wildman–Crippen LogP) is 2.22. The summed E-state index contributed by atoms with van der Waals surface area (Å²) in [6, 6.07) is 7.28. The molecule has 0 unspecified atom stereocenters. The molecular formula is C11H13ClN4OS. The fraction of sp³-hybridized carbons (Fsp3) is 0.273. The van der Waals surface area contributed by atoms with Crippen molar-refractivity contribution >= 4 is 29.3 Å². The standard InChI is InChI=1S/C11H13ClN4OS/c1-16-10(13)14-15-11(16)18-7-6-17-9-4-2-8(12)3-5-9/h2-5H,6-7H2,1H3,(H2,13,14). The molecule has 0 atom stereocenters. The highest BCUT2D eigenvalue weighted by atomic mass is 35.5. The number of hydrogen-bond donors (Lipinski definition) is 1. The molecule has 2 rings (SSSR count). The molecule has 0 spiro atoms. The zero-order chi connectivity index (χ0) is 13.0. The van der Waals surface area contributed by atoms with Gasteiger partial charge in [-0.05, 0) is 24.3 Å². The van der Waals surface area contributed by atoms with E-state index >= 15 is 0 Å². The van der Waals surface area contributed by atoms with Crippen molar-refractivity contribution in [3.63, 3.8) is 0 Å². The van der Waals surface area contributed by atoms with E-state index in [4.69, 9.17) is 22.1 Å². The summed E-state index contributed by atoms with van der Waals surface area (Å²) in [7, 11) is 1.83. The van der Waals surface area contributed by atoms with Gasteiger partial charge in [-0.15, -0.1) is 10.2 Å². The Hall–Kier alpha value is -1.40. The van der Waals surface area contributed by atoms with Crippen LogP contribution in [0.4, 0.5) is 5.95 Å². The van der Waals surface area contributed by atoms with Crippen molar-refractivity contribution < 1.29 is 4.74 Å². The van der Waals surface area contributed by atoms with Gasteiger partial charge < -0.3 is 10.5 Å². The second-order valence-electron chi connectivity index (χ2n) is 3.55. The highest BCUT2D eigenvalue weighted by Crippen LogP contribution is 2.18. The molecule has 0 aliphatic carbocycles. The lowest BCUT2D eigenvalue weighted by Crippen LogP contribution is -2.02. The third-order valence-electron chi connectivity index (χ3n) is 2.27. The first-order valence-electron chi connectivity index (χ1n) is 5.33. The Morgan fingerprint density at radius 3 is 2.67 bits per heavy atom. The molecule has 2 aromatic rings. The van der Waals surface area contributed by atoms with Crippen LogP contribution in [0, 0.1) is 0 Å². The van der Waals surface area contributed by atoms with Crippen LogP contribution in [0.15, 0.2) is 29.4 Å². The average Bonchev–Trinajstić information content (AvgIpc) is 2.68. The molecule has 1 aromatic carbocycles. The van der Waals surface area contributed by atoms with Gasteiger partial charge in [0.05, 0.1) is 6.61 Å². The van der Waals surface area contributed by atoms with E-state index < -0.39 is 0 Å². The summed E-state index contributed by atoms with van der Waals surface area (Å²) in [5, 5.41) is 9.21. The zero-order valence-corrected chi connectivity index (χ0v) is 11.4. The second kappa shape index (κ2) is 5.97. The Bertz CT molecular complexity index is 514. The maximum Gasteiger partial charge on any atom is 0.222 e. The third-order valence-corrected chi connectivity index (χ3v) is 3.50. The minimum atomic E-state index is 0.413. The van der Waals surface area contributed by atoms with E-state index in [9.17, 15) is 0 Å². The van der Waals surface area contributed by atoms with Crippen molar-refractivity contribution in [2.45, 2.75) is 5.16 Å². The lowest BCUT2D eigenvalue weighted by Gasteiger charge is -2.05. The van der Waals surface area contributed by atoms with Crippen molar-refractivity contribution in [1.82, 2.24) is 14.8 Å². The molecule has 0 bridgehead atoms. The van der Waals surface area contributed by atoms with E-state index in [-0.39, 0.29) is 0 Å². The number of nitrogens with zero attached hydrogens (tertiary/aromatic N) is 3. The van der Waals surface area contributed by atoms with Gasteiger partial charge in [0.1, 0.15) is 5.75 Å². The van der Waals surface area contributed by atoms with Crippen LogP contribution in [-0.4, -0.2) is 27.1 Å². The normalized spacial score (nSPS) is 10.6. The summed E-state index contributed by atoms with van der Waals surface area (Å²) in [4.78, 5) is 0. The largest absolute Gasteiger partial charge is 0.493 e. The van der Waals surface area contributed by atoms with Gasteiger partial charge in [0.15, 0.2) is 5.16 Å². The van der Waals surface area contributed by atoms with Gasteiger partial charge in [-0.2, -0.15) is 0 Å². The number of anilines is 1. The fourth-order valence-corrected chi connectivity index (χ4v) is 2.14. The number of aromatic nitrogens is 3. The maximum absolute atomic E-state index is 5.78. The number of benzene rings is 1. The van der Waals surface area contributed by atoms with Gasteiger partial charge in [0.2, 0.25) is 5.95 Å². The number of ether oxygens (including phenoxy) is 1. The van der Waals surface area contributed by atoms with Crippen LogP contribution in [0.2, 0.25) is 5.02 Å². The number of halogens is 1. The number of rotatable bonds is 5. The summed E-state index contributed by atoms with van der Waals surface area (Å²) in [5.41, 5.74) is 5.58. The van der Waals surface area contributed by atoms with Crippen LogP contribution >= 0.6 is 23.4 Å².